The Bertz CT molecular complexity index is 808. The van der Waals surface area contributed by atoms with E-state index in [1.807, 2.05) is 0 Å². The summed E-state index contributed by atoms with van der Waals surface area (Å²) in [5.74, 6) is 0. The average molecular weight is 340 g/mol. The minimum absolute atomic E-state index is 0.117. The van der Waals surface area contributed by atoms with Gasteiger partial charge in [0.15, 0.2) is 0 Å². The van der Waals surface area contributed by atoms with Crippen molar-refractivity contribution in [1.29, 1.82) is 0 Å². The van der Waals surface area contributed by atoms with Gasteiger partial charge >= 0.3 is 0 Å². The van der Waals surface area contributed by atoms with Crippen molar-refractivity contribution < 1.29 is 0 Å². The van der Waals surface area contributed by atoms with Crippen molar-refractivity contribution in [2.24, 2.45) is 5.73 Å². The van der Waals surface area contributed by atoms with Crippen molar-refractivity contribution in [2.45, 2.75) is 19.9 Å². The van der Waals surface area contributed by atoms with Crippen LogP contribution in [0.5, 0.6) is 0 Å². The first-order chi connectivity index (χ1) is 10.1. The number of rotatable bonds is 2. The van der Waals surface area contributed by atoms with E-state index in [9.17, 15) is 0 Å². The van der Waals surface area contributed by atoms with Gasteiger partial charge in [0.25, 0.3) is 0 Å². The fraction of sp³-hybridized carbons (Fsp3) is 0.158. The van der Waals surface area contributed by atoms with Crippen LogP contribution < -0.4 is 5.73 Å². The Balaban J connectivity index is 2.24. The molecular weight excluding hydrogens is 322 g/mol. The van der Waals surface area contributed by atoms with Crippen molar-refractivity contribution in [3.63, 3.8) is 0 Å². The third-order valence-electron chi connectivity index (χ3n) is 4.08. The monoisotopic (exact) mass is 339 g/mol. The van der Waals surface area contributed by atoms with E-state index in [0.717, 1.165) is 4.47 Å². The van der Waals surface area contributed by atoms with Crippen molar-refractivity contribution in [3.05, 3.63) is 81.3 Å². The molecule has 0 spiro atoms. The summed E-state index contributed by atoms with van der Waals surface area (Å²) in [6, 6.07) is 18.9. The number of halogens is 1. The Morgan fingerprint density at radius 1 is 0.905 bits per heavy atom. The minimum atomic E-state index is -0.117. The highest BCUT2D eigenvalue weighted by Crippen LogP contribution is 2.32. The molecule has 0 aliphatic heterocycles. The van der Waals surface area contributed by atoms with Crippen LogP contribution in [-0.4, -0.2) is 0 Å². The maximum atomic E-state index is 6.63. The number of hydrogen-bond acceptors (Lipinski definition) is 1. The molecule has 1 nitrogen and oxygen atoms in total. The van der Waals surface area contributed by atoms with Crippen LogP contribution >= 0.6 is 15.9 Å². The molecule has 1 unspecified atom stereocenters. The molecule has 106 valence electrons. The van der Waals surface area contributed by atoms with E-state index in [-0.39, 0.29) is 6.04 Å². The molecule has 0 heterocycles. The first-order valence-electron chi connectivity index (χ1n) is 7.08. The van der Waals surface area contributed by atoms with Gasteiger partial charge in [-0.25, -0.2) is 0 Å². The highest BCUT2D eigenvalue weighted by Gasteiger charge is 2.16. The zero-order valence-electron chi connectivity index (χ0n) is 12.2. The number of aryl methyl sites for hydroxylation is 2. The highest BCUT2D eigenvalue weighted by molar-refractivity contribution is 9.10. The molecule has 0 aliphatic rings. The van der Waals surface area contributed by atoms with Gasteiger partial charge in [0.2, 0.25) is 0 Å². The fourth-order valence-corrected chi connectivity index (χ4v) is 3.30. The van der Waals surface area contributed by atoms with Gasteiger partial charge in [-0.2, -0.15) is 0 Å². The molecule has 0 bridgehead atoms. The quantitative estimate of drug-likeness (QED) is 0.676. The second kappa shape index (κ2) is 5.63. The van der Waals surface area contributed by atoms with Crippen LogP contribution in [0.2, 0.25) is 0 Å². The molecule has 0 fully saturated rings. The lowest BCUT2D eigenvalue weighted by Crippen LogP contribution is -2.15. The first kappa shape index (κ1) is 14.3. The summed E-state index contributed by atoms with van der Waals surface area (Å²) in [5.41, 5.74) is 11.5. The molecule has 0 amide bonds. The second-order valence-electron chi connectivity index (χ2n) is 5.50. The molecule has 21 heavy (non-hydrogen) atoms. The van der Waals surface area contributed by atoms with E-state index in [1.54, 1.807) is 0 Å². The molecule has 0 radical (unpaired) electrons. The van der Waals surface area contributed by atoms with E-state index in [0.29, 0.717) is 0 Å². The number of nitrogens with two attached hydrogens (primary N) is 1. The minimum Gasteiger partial charge on any atom is -0.320 e. The van der Waals surface area contributed by atoms with Crippen LogP contribution in [0.25, 0.3) is 10.8 Å². The van der Waals surface area contributed by atoms with Crippen LogP contribution in [-0.2, 0) is 0 Å². The van der Waals surface area contributed by atoms with E-state index in [2.05, 4.69) is 84.4 Å². The summed E-state index contributed by atoms with van der Waals surface area (Å²) >= 11 is 3.55. The van der Waals surface area contributed by atoms with E-state index >= 15 is 0 Å². The van der Waals surface area contributed by atoms with E-state index in [4.69, 9.17) is 5.73 Å². The highest BCUT2D eigenvalue weighted by atomic mass is 79.9. The normalized spacial score (nSPS) is 12.6. The van der Waals surface area contributed by atoms with Gasteiger partial charge < -0.3 is 5.73 Å². The molecule has 0 aliphatic carbocycles. The Kier molecular flexibility index (Phi) is 3.83. The summed E-state index contributed by atoms with van der Waals surface area (Å²) in [6.07, 6.45) is 0. The standard InChI is InChI=1S/C19H18BrN/c1-12-8-10-15(20)11-17(12)19(21)18-13(2)7-9-14-5-3-4-6-16(14)18/h3-11,19H,21H2,1-2H3. The Morgan fingerprint density at radius 3 is 2.43 bits per heavy atom. The van der Waals surface area contributed by atoms with E-state index in [1.165, 1.54) is 33.0 Å². The maximum Gasteiger partial charge on any atom is 0.0563 e. The molecule has 1 atom stereocenters. The van der Waals surface area contributed by atoms with Crippen LogP contribution in [0, 0.1) is 13.8 Å². The smallest absolute Gasteiger partial charge is 0.0563 e. The lowest BCUT2D eigenvalue weighted by Gasteiger charge is -2.20. The van der Waals surface area contributed by atoms with Crippen LogP contribution in [0.4, 0.5) is 0 Å². The lowest BCUT2D eigenvalue weighted by molar-refractivity contribution is 0.860. The predicted octanol–water partition coefficient (Wildman–Crippen LogP) is 5.27. The predicted molar refractivity (Wildman–Crippen MR) is 93.6 cm³/mol. The van der Waals surface area contributed by atoms with Gasteiger partial charge in [-0.05, 0) is 59.0 Å². The van der Waals surface area contributed by atoms with Gasteiger partial charge in [-0.3, -0.25) is 0 Å². The molecule has 2 heteroatoms. The van der Waals surface area contributed by atoms with E-state index < -0.39 is 0 Å². The lowest BCUT2D eigenvalue weighted by atomic mass is 9.89. The Morgan fingerprint density at radius 2 is 1.62 bits per heavy atom. The fourth-order valence-electron chi connectivity index (χ4n) is 2.92. The molecule has 3 aromatic rings. The molecule has 3 rings (SSSR count). The summed E-state index contributed by atoms with van der Waals surface area (Å²) < 4.78 is 1.07. The largest absolute Gasteiger partial charge is 0.320 e. The summed E-state index contributed by atoms with van der Waals surface area (Å²) in [5, 5.41) is 2.48. The molecular formula is C19H18BrN. The van der Waals surface area contributed by atoms with Gasteiger partial charge in [-0.1, -0.05) is 58.4 Å². The SMILES string of the molecule is Cc1ccc(Br)cc1C(N)c1c(C)ccc2ccccc12. The average Bonchev–Trinajstić information content (AvgIpc) is 2.49. The number of benzene rings is 3. The molecule has 0 saturated carbocycles. The van der Waals surface area contributed by atoms with Gasteiger partial charge in [0, 0.05) is 4.47 Å². The molecule has 0 aromatic heterocycles. The summed E-state index contributed by atoms with van der Waals surface area (Å²) in [6.45, 7) is 4.25. The van der Waals surface area contributed by atoms with Gasteiger partial charge in [-0.15, -0.1) is 0 Å². The Labute approximate surface area is 133 Å². The first-order valence-corrected chi connectivity index (χ1v) is 7.87. The summed E-state index contributed by atoms with van der Waals surface area (Å²) in [4.78, 5) is 0. The molecule has 2 N–H and O–H groups in total. The molecule has 0 saturated heterocycles. The molecule has 3 aromatic carbocycles. The van der Waals surface area contributed by atoms with Crippen LogP contribution in [0.3, 0.4) is 0 Å². The Hall–Kier alpha value is -1.64. The topological polar surface area (TPSA) is 26.0 Å². The second-order valence-corrected chi connectivity index (χ2v) is 6.41. The van der Waals surface area contributed by atoms with Gasteiger partial charge in [0.1, 0.15) is 0 Å². The van der Waals surface area contributed by atoms with Crippen molar-refractivity contribution in [2.75, 3.05) is 0 Å². The van der Waals surface area contributed by atoms with Gasteiger partial charge in [0.05, 0.1) is 6.04 Å². The van der Waals surface area contributed by atoms with Crippen molar-refractivity contribution in [1.82, 2.24) is 0 Å². The number of hydrogen-bond donors (Lipinski definition) is 1. The van der Waals surface area contributed by atoms with Crippen molar-refractivity contribution >= 4 is 26.7 Å². The number of fused-ring (bicyclic) bond motifs is 1. The zero-order chi connectivity index (χ0) is 15.0. The third kappa shape index (κ3) is 2.61. The van der Waals surface area contributed by atoms with Crippen LogP contribution in [0.1, 0.15) is 28.3 Å². The zero-order valence-corrected chi connectivity index (χ0v) is 13.8. The van der Waals surface area contributed by atoms with Crippen LogP contribution in [0.15, 0.2) is 59.1 Å². The summed E-state index contributed by atoms with van der Waals surface area (Å²) in [7, 11) is 0. The maximum absolute atomic E-state index is 6.63. The van der Waals surface area contributed by atoms with Crippen molar-refractivity contribution in [3.8, 4) is 0 Å². The third-order valence-corrected chi connectivity index (χ3v) is 4.57.